The van der Waals surface area contributed by atoms with Crippen molar-refractivity contribution in [3.63, 3.8) is 0 Å². The summed E-state index contributed by atoms with van der Waals surface area (Å²) in [4.78, 5) is 16.3. The van der Waals surface area contributed by atoms with Crippen LogP contribution in [0.3, 0.4) is 0 Å². The molecule has 1 fully saturated rings. The van der Waals surface area contributed by atoms with E-state index in [0.29, 0.717) is 5.56 Å². The van der Waals surface area contributed by atoms with Crippen LogP contribution < -0.4 is 0 Å². The highest BCUT2D eigenvalue weighted by Gasteiger charge is 2.50. The second-order valence-corrected chi connectivity index (χ2v) is 31.4. The third-order valence-electron chi connectivity index (χ3n) is 4.96. The van der Waals surface area contributed by atoms with Crippen LogP contribution in [0.5, 0.6) is 0 Å². The van der Waals surface area contributed by atoms with Crippen molar-refractivity contribution in [1.29, 1.82) is 0 Å². The van der Waals surface area contributed by atoms with Gasteiger partial charge in [-0.3, -0.25) is 10.1 Å². The molecule has 216 valence electrons. The molecule has 1 saturated carbocycles. The van der Waals surface area contributed by atoms with Gasteiger partial charge in [-0.2, -0.15) is 0 Å². The van der Waals surface area contributed by atoms with Gasteiger partial charge in [0.15, 0.2) is 33.3 Å². The van der Waals surface area contributed by atoms with E-state index in [1.807, 2.05) is 39.3 Å². The molecule has 1 aromatic carbocycles. The van der Waals surface area contributed by atoms with Crippen LogP contribution in [-0.4, -0.2) is 68.3 Å². The van der Waals surface area contributed by atoms with Gasteiger partial charge >= 0.3 is 0 Å². The van der Waals surface area contributed by atoms with Gasteiger partial charge in [-0.05, 0) is 96.3 Å². The van der Waals surface area contributed by atoms with E-state index < -0.39 is 69.0 Å². The molecule has 0 radical (unpaired) electrons. The molecular formula is C25H48N2O7Si4. The number of rotatable bonds is 12. The first-order valence-electron chi connectivity index (χ1n) is 14.0. The molecular weight excluding hydrogens is 553 g/mol. The monoisotopic (exact) mass is 602 g/mol. The average molecular weight is 603 g/mol. The second-order valence-electron chi connectivity index (χ2n) is 13.5. The lowest BCUT2D eigenvalue weighted by molar-refractivity contribution is -0.384. The van der Waals surface area contributed by atoms with Gasteiger partial charge in [0.2, 0.25) is 0 Å². The maximum Gasteiger partial charge on any atom is 0.269 e. The summed E-state index contributed by atoms with van der Waals surface area (Å²) in [5.74, 6) is 0. The average Bonchev–Trinajstić information content (AvgIpc) is 2.73. The van der Waals surface area contributed by atoms with Gasteiger partial charge in [-0.15, -0.1) is 0 Å². The van der Waals surface area contributed by atoms with E-state index in [0.717, 1.165) is 0 Å². The number of hydrogen-bond donors (Lipinski definition) is 0. The summed E-state index contributed by atoms with van der Waals surface area (Å²) >= 11 is 0. The molecule has 0 saturated heterocycles. The topological polar surface area (TPSA) is 102 Å². The van der Waals surface area contributed by atoms with Crippen LogP contribution in [0.4, 0.5) is 5.69 Å². The zero-order chi connectivity index (χ0) is 30.9. The predicted molar refractivity (Wildman–Crippen MR) is 163 cm³/mol. The van der Waals surface area contributed by atoms with Crippen LogP contribution in [0.25, 0.3) is 0 Å². The van der Waals surface area contributed by atoms with Crippen molar-refractivity contribution >= 4 is 44.7 Å². The van der Waals surface area contributed by atoms with Crippen molar-refractivity contribution in [3.05, 3.63) is 39.9 Å². The molecule has 0 N–H and O–H groups in total. The summed E-state index contributed by atoms with van der Waals surface area (Å²) in [6.07, 6.45) is -5.24. The van der Waals surface area contributed by atoms with Gasteiger partial charge in [0.05, 0.1) is 22.8 Å². The molecule has 0 bridgehead atoms. The molecule has 0 aliphatic heterocycles. The van der Waals surface area contributed by atoms with Gasteiger partial charge in [-0.25, -0.2) is 0 Å². The van der Waals surface area contributed by atoms with Gasteiger partial charge in [0.25, 0.3) is 5.69 Å². The molecule has 2 rings (SSSR count). The lowest BCUT2D eigenvalue weighted by Crippen LogP contribution is -2.64. The van der Waals surface area contributed by atoms with E-state index in [2.05, 4.69) is 44.4 Å². The first-order chi connectivity index (χ1) is 17.9. The Morgan fingerprint density at radius 3 is 1.74 bits per heavy atom. The van der Waals surface area contributed by atoms with Crippen LogP contribution in [0.2, 0.25) is 78.6 Å². The van der Waals surface area contributed by atoms with Crippen LogP contribution in [0.15, 0.2) is 29.4 Å². The Bertz CT molecular complexity index is 1050. The zero-order valence-corrected chi connectivity index (χ0v) is 29.1. The van der Waals surface area contributed by atoms with Gasteiger partial charge in [0, 0.05) is 21.2 Å². The fourth-order valence-corrected chi connectivity index (χ4v) is 7.94. The molecule has 38 heavy (non-hydrogen) atoms. The quantitative estimate of drug-likeness (QED) is 0.148. The van der Waals surface area contributed by atoms with Crippen molar-refractivity contribution in [3.8, 4) is 0 Å². The third kappa shape index (κ3) is 11.5. The minimum absolute atomic E-state index is 0.00512. The van der Waals surface area contributed by atoms with E-state index in [-0.39, 0.29) is 18.0 Å². The van der Waals surface area contributed by atoms with Crippen molar-refractivity contribution in [2.45, 2.75) is 116 Å². The molecule has 0 spiro atoms. The number of oxime groups is 1. The normalized spacial score (nSPS) is 26.6. The molecule has 1 aliphatic carbocycles. The van der Waals surface area contributed by atoms with Crippen LogP contribution >= 0.6 is 0 Å². The smallest absolute Gasteiger partial charge is 0.269 e. The molecule has 1 aromatic rings. The standard InChI is InChI=1S/C25H48N2O7Si4/c1-35(2,3)31-22-17-21(26-30-18-19-13-15-20(16-14-19)27(28)29)23(32-36(4,5)6)25(34-38(10,11)12)24(22)33-37(7,8)9/h13-16,22-25H,17-18H2,1-12H3/b26-21+/t22-,23-,24+,25+/m1/s1/i17D2. The van der Waals surface area contributed by atoms with E-state index in [9.17, 15) is 12.9 Å². The molecule has 4 atom stereocenters. The highest BCUT2D eigenvalue weighted by Crippen LogP contribution is 2.34. The highest BCUT2D eigenvalue weighted by molar-refractivity contribution is 6.71. The van der Waals surface area contributed by atoms with E-state index in [4.69, 9.17) is 22.5 Å². The minimum Gasteiger partial charge on any atom is -0.412 e. The molecule has 13 heteroatoms. The van der Waals surface area contributed by atoms with E-state index >= 15 is 0 Å². The largest absolute Gasteiger partial charge is 0.412 e. The Labute approximate surface area is 235 Å². The predicted octanol–water partition coefficient (Wildman–Crippen LogP) is 6.75. The number of nitrogens with zero attached hydrogens (tertiary/aromatic N) is 2. The Balaban J connectivity index is 2.66. The highest BCUT2D eigenvalue weighted by atomic mass is 28.4. The summed E-state index contributed by atoms with van der Waals surface area (Å²) < 4.78 is 45.4. The summed E-state index contributed by atoms with van der Waals surface area (Å²) in [7, 11) is -8.90. The van der Waals surface area contributed by atoms with Crippen molar-refractivity contribution < 1.29 is 30.2 Å². The summed E-state index contributed by atoms with van der Waals surface area (Å²) in [5.41, 5.74) is 0.728. The van der Waals surface area contributed by atoms with Gasteiger partial charge < -0.3 is 22.5 Å². The second kappa shape index (κ2) is 12.5. The molecule has 0 aromatic heterocycles. The maximum atomic E-state index is 11.0. The van der Waals surface area contributed by atoms with Gasteiger partial charge in [0.1, 0.15) is 18.8 Å². The van der Waals surface area contributed by atoms with Crippen molar-refractivity contribution in [2.75, 3.05) is 0 Å². The fraction of sp³-hybridized carbons (Fsp3) is 0.720. The summed E-state index contributed by atoms with van der Waals surface area (Å²) in [6, 6.07) is 5.99. The Hall–Kier alpha value is -1.20. The van der Waals surface area contributed by atoms with Crippen LogP contribution in [-0.2, 0) is 29.1 Å². The number of nitro benzene ring substituents is 1. The number of non-ortho nitro benzene ring substituents is 1. The van der Waals surface area contributed by atoms with Gasteiger partial charge in [-0.1, -0.05) is 5.16 Å². The molecule has 0 amide bonds. The lowest BCUT2D eigenvalue weighted by Gasteiger charge is -2.49. The SMILES string of the molecule is [2H]C1([2H])/C(=N\OCc2ccc([N+](=O)[O-])cc2)[C@@H](O[Si](C)(C)C)[C@H](O[Si](C)(C)C)[C@@H](O[Si](C)(C)C)[C@@H]1O[Si](C)(C)C. The van der Waals surface area contributed by atoms with Crippen LogP contribution in [0.1, 0.15) is 14.7 Å². The third-order valence-corrected chi connectivity index (χ3v) is 8.84. The molecule has 9 nitrogen and oxygen atoms in total. The fourth-order valence-electron chi connectivity index (χ4n) is 3.83. The Kier molecular flexibility index (Phi) is 9.82. The maximum absolute atomic E-state index is 11.0. The Morgan fingerprint density at radius 1 is 0.816 bits per heavy atom. The summed E-state index contributed by atoms with van der Waals surface area (Å²) in [6.45, 7) is 24.7. The lowest BCUT2D eigenvalue weighted by atomic mass is 9.88. The molecule has 0 unspecified atom stereocenters. The van der Waals surface area contributed by atoms with Crippen molar-refractivity contribution in [1.82, 2.24) is 0 Å². The molecule has 1 aliphatic rings. The first-order valence-corrected chi connectivity index (χ1v) is 26.7. The number of benzene rings is 1. The molecule has 0 heterocycles. The number of nitro groups is 1. The minimum atomic E-state index is -2.27. The number of hydrogen-bond acceptors (Lipinski definition) is 8. The summed E-state index contributed by atoms with van der Waals surface area (Å²) in [5, 5.41) is 15.4. The van der Waals surface area contributed by atoms with Crippen molar-refractivity contribution in [2.24, 2.45) is 5.16 Å². The first kappa shape index (κ1) is 29.8. The Morgan fingerprint density at radius 2 is 1.29 bits per heavy atom. The zero-order valence-electron chi connectivity index (χ0n) is 27.1. The van der Waals surface area contributed by atoms with E-state index in [1.165, 1.54) is 12.1 Å². The van der Waals surface area contributed by atoms with Crippen LogP contribution in [0, 0.1) is 10.1 Å². The van der Waals surface area contributed by atoms with E-state index in [1.54, 1.807) is 12.1 Å².